The van der Waals surface area contributed by atoms with Crippen molar-refractivity contribution in [2.24, 2.45) is 5.92 Å². The highest BCUT2D eigenvalue weighted by atomic mass is 16.2. The van der Waals surface area contributed by atoms with Crippen LogP contribution >= 0.6 is 0 Å². The standard InChI is InChI=1S/C18H32N2O/c1-20(15-9-4-2-3-5-10-15)18(21)17-13-12-14-8-6-7-11-16(14)19-17/h14-17,19H,2-13H2,1H3. The van der Waals surface area contributed by atoms with E-state index in [2.05, 4.69) is 10.2 Å². The number of carbonyl (C=O) groups is 1. The number of rotatable bonds is 2. The van der Waals surface area contributed by atoms with Crippen LogP contribution in [0.15, 0.2) is 0 Å². The van der Waals surface area contributed by atoms with Gasteiger partial charge in [-0.1, -0.05) is 38.5 Å². The molecule has 0 bridgehead atoms. The summed E-state index contributed by atoms with van der Waals surface area (Å²) in [6.07, 6.45) is 15.4. The van der Waals surface area contributed by atoms with Crippen molar-refractivity contribution in [1.29, 1.82) is 0 Å². The van der Waals surface area contributed by atoms with E-state index in [-0.39, 0.29) is 6.04 Å². The molecule has 3 unspecified atom stereocenters. The third-order valence-corrected chi connectivity index (χ3v) is 6.17. The predicted octanol–water partition coefficient (Wildman–Crippen LogP) is 3.48. The Labute approximate surface area is 129 Å². The van der Waals surface area contributed by atoms with Crippen LogP contribution in [0, 0.1) is 5.92 Å². The number of piperidine rings is 1. The predicted molar refractivity (Wildman–Crippen MR) is 86.2 cm³/mol. The molecule has 2 aliphatic carbocycles. The summed E-state index contributed by atoms with van der Waals surface area (Å²) in [6.45, 7) is 0. The third-order valence-electron chi connectivity index (χ3n) is 6.17. The molecule has 3 aliphatic rings. The molecule has 3 heteroatoms. The summed E-state index contributed by atoms with van der Waals surface area (Å²) in [5.74, 6) is 1.21. The number of hydrogen-bond donors (Lipinski definition) is 1. The van der Waals surface area contributed by atoms with Gasteiger partial charge in [0, 0.05) is 19.1 Å². The largest absolute Gasteiger partial charge is 0.341 e. The van der Waals surface area contributed by atoms with Gasteiger partial charge in [0.05, 0.1) is 6.04 Å². The van der Waals surface area contributed by atoms with Gasteiger partial charge in [-0.2, -0.15) is 0 Å². The molecule has 2 saturated carbocycles. The van der Waals surface area contributed by atoms with Crippen molar-refractivity contribution >= 4 is 5.91 Å². The van der Waals surface area contributed by atoms with Crippen LogP contribution in [0.2, 0.25) is 0 Å². The minimum Gasteiger partial charge on any atom is -0.341 e. The minimum atomic E-state index is 0.0950. The van der Waals surface area contributed by atoms with E-state index in [9.17, 15) is 4.79 Å². The molecular weight excluding hydrogens is 260 g/mol. The molecule has 0 aromatic heterocycles. The second-order valence-corrected chi connectivity index (χ2v) is 7.54. The average Bonchev–Trinajstić information content (AvgIpc) is 2.82. The van der Waals surface area contributed by atoms with Gasteiger partial charge >= 0.3 is 0 Å². The molecule has 0 aromatic rings. The Bertz CT molecular complexity index is 349. The maximum atomic E-state index is 12.8. The fourth-order valence-corrected chi connectivity index (χ4v) is 4.76. The second kappa shape index (κ2) is 7.13. The summed E-state index contributed by atoms with van der Waals surface area (Å²) in [5.41, 5.74) is 0. The van der Waals surface area contributed by atoms with Gasteiger partial charge in [0.25, 0.3) is 0 Å². The lowest BCUT2D eigenvalue weighted by molar-refractivity contribution is -0.136. The van der Waals surface area contributed by atoms with Crippen LogP contribution in [0.3, 0.4) is 0 Å². The molecule has 0 radical (unpaired) electrons. The molecule has 1 heterocycles. The van der Waals surface area contributed by atoms with E-state index in [0.717, 1.165) is 12.3 Å². The van der Waals surface area contributed by atoms with Gasteiger partial charge in [-0.05, 0) is 44.4 Å². The fourth-order valence-electron chi connectivity index (χ4n) is 4.76. The average molecular weight is 292 g/mol. The molecular formula is C18H32N2O. The highest BCUT2D eigenvalue weighted by Crippen LogP contribution is 2.33. The number of nitrogens with one attached hydrogen (secondary N) is 1. The second-order valence-electron chi connectivity index (χ2n) is 7.54. The Morgan fingerprint density at radius 2 is 1.52 bits per heavy atom. The van der Waals surface area contributed by atoms with E-state index >= 15 is 0 Å². The van der Waals surface area contributed by atoms with Gasteiger partial charge in [-0.15, -0.1) is 0 Å². The van der Waals surface area contributed by atoms with Gasteiger partial charge in [-0.3, -0.25) is 4.79 Å². The van der Waals surface area contributed by atoms with Gasteiger partial charge in [0.2, 0.25) is 5.91 Å². The molecule has 21 heavy (non-hydrogen) atoms. The zero-order chi connectivity index (χ0) is 14.7. The van der Waals surface area contributed by atoms with Crippen molar-refractivity contribution < 1.29 is 4.79 Å². The molecule has 3 fully saturated rings. The van der Waals surface area contributed by atoms with Crippen molar-refractivity contribution in [3.8, 4) is 0 Å². The summed E-state index contributed by atoms with van der Waals surface area (Å²) < 4.78 is 0. The van der Waals surface area contributed by atoms with Crippen molar-refractivity contribution in [3.05, 3.63) is 0 Å². The summed E-state index contributed by atoms with van der Waals surface area (Å²) in [4.78, 5) is 14.9. The van der Waals surface area contributed by atoms with Crippen LogP contribution in [-0.2, 0) is 4.79 Å². The van der Waals surface area contributed by atoms with Crippen molar-refractivity contribution in [2.45, 2.75) is 95.2 Å². The highest BCUT2D eigenvalue weighted by Gasteiger charge is 2.36. The maximum absolute atomic E-state index is 12.8. The maximum Gasteiger partial charge on any atom is 0.239 e. The van der Waals surface area contributed by atoms with Crippen molar-refractivity contribution in [1.82, 2.24) is 10.2 Å². The van der Waals surface area contributed by atoms with Crippen LogP contribution in [0.5, 0.6) is 0 Å². The molecule has 3 atom stereocenters. The molecule has 1 N–H and O–H groups in total. The van der Waals surface area contributed by atoms with Crippen LogP contribution in [0.4, 0.5) is 0 Å². The third kappa shape index (κ3) is 3.61. The molecule has 1 amide bonds. The smallest absolute Gasteiger partial charge is 0.239 e. The zero-order valence-corrected chi connectivity index (χ0v) is 13.7. The van der Waals surface area contributed by atoms with Crippen LogP contribution in [0.25, 0.3) is 0 Å². The van der Waals surface area contributed by atoms with Gasteiger partial charge < -0.3 is 10.2 Å². The first-order chi connectivity index (χ1) is 10.3. The topological polar surface area (TPSA) is 32.3 Å². The molecule has 120 valence electrons. The zero-order valence-electron chi connectivity index (χ0n) is 13.7. The normalized spacial score (nSPS) is 34.8. The van der Waals surface area contributed by atoms with Crippen LogP contribution in [-0.4, -0.2) is 36.0 Å². The Hall–Kier alpha value is -0.570. The highest BCUT2D eigenvalue weighted by molar-refractivity contribution is 5.82. The molecule has 1 saturated heterocycles. The lowest BCUT2D eigenvalue weighted by Crippen LogP contribution is -2.56. The first kappa shape index (κ1) is 15.3. The summed E-state index contributed by atoms with van der Waals surface area (Å²) in [6, 6.07) is 1.20. The monoisotopic (exact) mass is 292 g/mol. The SMILES string of the molecule is CN(C(=O)C1CCC2CCCCC2N1)C1CCCCCC1. The quantitative estimate of drug-likeness (QED) is 0.790. The van der Waals surface area contributed by atoms with E-state index in [0.29, 0.717) is 18.0 Å². The number of fused-ring (bicyclic) bond motifs is 1. The van der Waals surface area contributed by atoms with Crippen molar-refractivity contribution in [2.75, 3.05) is 7.05 Å². The van der Waals surface area contributed by atoms with E-state index in [1.54, 1.807) is 0 Å². The van der Waals surface area contributed by atoms with Crippen LogP contribution < -0.4 is 5.32 Å². The fraction of sp³-hybridized carbons (Fsp3) is 0.944. The van der Waals surface area contributed by atoms with Gasteiger partial charge in [0.15, 0.2) is 0 Å². The molecule has 0 spiro atoms. The number of hydrogen-bond acceptors (Lipinski definition) is 2. The first-order valence-electron chi connectivity index (χ1n) is 9.28. The van der Waals surface area contributed by atoms with E-state index < -0.39 is 0 Å². The van der Waals surface area contributed by atoms with Gasteiger partial charge in [0.1, 0.15) is 0 Å². The molecule has 1 aliphatic heterocycles. The number of amides is 1. The molecule has 3 rings (SSSR count). The Balaban J connectivity index is 1.56. The number of carbonyl (C=O) groups excluding carboxylic acids is 1. The molecule has 0 aromatic carbocycles. The lowest BCUT2D eigenvalue weighted by atomic mass is 9.77. The Kier molecular flexibility index (Phi) is 5.20. The van der Waals surface area contributed by atoms with Crippen LogP contribution in [0.1, 0.15) is 77.0 Å². The van der Waals surface area contributed by atoms with Crippen molar-refractivity contribution in [3.63, 3.8) is 0 Å². The molecule has 3 nitrogen and oxygen atoms in total. The van der Waals surface area contributed by atoms with E-state index in [4.69, 9.17) is 0 Å². The Morgan fingerprint density at radius 3 is 2.29 bits per heavy atom. The summed E-state index contributed by atoms with van der Waals surface area (Å²) in [5, 5.41) is 3.70. The van der Waals surface area contributed by atoms with E-state index in [1.807, 2.05) is 7.05 Å². The summed E-state index contributed by atoms with van der Waals surface area (Å²) >= 11 is 0. The number of likely N-dealkylation sites (N-methyl/N-ethyl adjacent to an activating group) is 1. The van der Waals surface area contributed by atoms with Gasteiger partial charge in [-0.25, -0.2) is 0 Å². The van der Waals surface area contributed by atoms with E-state index in [1.165, 1.54) is 70.6 Å². The lowest BCUT2D eigenvalue weighted by Gasteiger charge is -2.41. The first-order valence-corrected chi connectivity index (χ1v) is 9.28. The summed E-state index contributed by atoms with van der Waals surface area (Å²) in [7, 11) is 2.05. The Morgan fingerprint density at radius 1 is 0.857 bits per heavy atom. The minimum absolute atomic E-state index is 0.0950. The number of nitrogens with zero attached hydrogens (tertiary/aromatic N) is 1.